The van der Waals surface area contributed by atoms with Gasteiger partial charge in [0.1, 0.15) is 6.54 Å². The van der Waals surface area contributed by atoms with E-state index in [0.717, 1.165) is 9.15 Å². The van der Waals surface area contributed by atoms with Gasteiger partial charge in [-0.3, -0.25) is 9.36 Å². The maximum absolute atomic E-state index is 13.8. The number of amides is 1. The summed E-state index contributed by atoms with van der Waals surface area (Å²) in [5, 5.41) is 7.09. The molecule has 1 amide bonds. The van der Waals surface area contributed by atoms with Gasteiger partial charge in [-0.15, -0.1) is 5.10 Å². The third-order valence-electron chi connectivity index (χ3n) is 3.95. The van der Waals surface area contributed by atoms with E-state index in [1.54, 1.807) is 12.1 Å². The lowest BCUT2D eigenvalue weighted by Gasteiger charge is -2.10. The molecule has 10 heteroatoms. The van der Waals surface area contributed by atoms with Crippen LogP contribution in [-0.4, -0.2) is 38.4 Å². The number of benzene rings is 1. The monoisotopic (exact) mass is 463 g/mol. The summed E-state index contributed by atoms with van der Waals surface area (Å²) in [4.78, 5) is 29.5. The fourth-order valence-corrected chi connectivity index (χ4v) is 2.94. The van der Waals surface area contributed by atoms with E-state index in [9.17, 15) is 14.0 Å². The fraction of sp³-hybridized carbons (Fsp3) is 0.263. The molecule has 0 fully saturated rings. The van der Waals surface area contributed by atoms with Crippen LogP contribution in [0.2, 0.25) is 0 Å². The smallest absolute Gasteiger partial charge is 0.352 e. The summed E-state index contributed by atoms with van der Waals surface area (Å²) in [5.74, 6) is -0.407. The number of methoxy groups -OCH3 is 1. The first-order valence-electron chi connectivity index (χ1n) is 8.75. The number of hydrogen-bond donors (Lipinski definition) is 1. The topological polar surface area (TPSA) is 91.0 Å². The van der Waals surface area contributed by atoms with Crippen LogP contribution in [0, 0.1) is 5.82 Å². The van der Waals surface area contributed by atoms with Crippen LogP contribution >= 0.6 is 15.9 Å². The van der Waals surface area contributed by atoms with E-state index in [2.05, 4.69) is 31.3 Å². The maximum Gasteiger partial charge on any atom is 0.352 e. The van der Waals surface area contributed by atoms with Crippen LogP contribution in [-0.2, 0) is 11.3 Å². The highest BCUT2D eigenvalue weighted by Gasteiger charge is 2.20. The number of rotatable bonds is 6. The minimum atomic E-state index is -0.545. The molecule has 0 aliphatic heterocycles. The van der Waals surface area contributed by atoms with Crippen LogP contribution in [0.4, 0.5) is 4.39 Å². The van der Waals surface area contributed by atoms with Gasteiger partial charge in [0.2, 0.25) is 5.91 Å². The normalized spacial score (nSPS) is 11.0. The number of nitrogens with zero attached hydrogens (tertiary/aromatic N) is 4. The first kappa shape index (κ1) is 20.7. The van der Waals surface area contributed by atoms with Gasteiger partial charge in [-0.2, -0.15) is 4.68 Å². The second-order valence-corrected chi connectivity index (χ2v) is 7.43. The van der Waals surface area contributed by atoms with Gasteiger partial charge in [0.15, 0.2) is 23.2 Å². The summed E-state index contributed by atoms with van der Waals surface area (Å²) in [6, 6.07) is 7.36. The van der Waals surface area contributed by atoms with E-state index < -0.39 is 11.5 Å². The average Bonchev–Trinajstić information content (AvgIpc) is 2.99. The van der Waals surface area contributed by atoms with Gasteiger partial charge in [0.05, 0.1) is 7.11 Å². The predicted octanol–water partition coefficient (Wildman–Crippen LogP) is 2.53. The quantitative estimate of drug-likeness (QED) is 0.606. The van der Waals surface area contributed by atoms with Crippen molar-refractivity contribution in [3.8, 4) is 23.0 Å². The molecule has 2 aromatic heterocycles. The number of halogens is 2. The number of pyridine rings is 1. The van der Waals surface area contributed by atoms with Crippen molar-refractivity contribution in [2.24, 2.45) is 0 Å². The molecule has 3 rings (SSSR count). The molecule has 29 heavy (non-hydrogen) atoms. The van der Waals surface area contributed by atoms with Crippen molar-refractivity contribution in [3.63, 3.8) is 0 Å². The van der Waals surface area contributed by atoms with E-state index in [0.29, 0.717) is 5.56 Å². The van der Waals surface area contributed by atoms with E-state index in [1.165, 1.54) is 36.1 Å². The van der Waals surface area contributed by atoms with E-state index in [4.69, 9.17) is 4.74 Å². The Labute approximate surface area is 174 Å². The highest BCUT2D eigenvalue weighted by atomic mass is 79.9. The van der Waals surface area contributed by atoms with Gasteiger partial charge in [-0.1, -0.05) is 0 Å². The molecule has 0 radical (unpaired) electrons. The zero-order valence-corrected chi connectivity index (χ0v) is 17.6. The maximum atomic E-state index is 13.8. The molecule has 152 valence electrons. The van der Waals surface area contributed by atoms with Gasteiger partial charge in [-0.05, 0) is 60.1 Å². The standard InChI is InChI=1S/C19H19BrFN5O3/c1-11(2)23-17(27)10-25-18(12-4-6-14(21)15(8-12)29-3)24-26(19(25)28)16-7-5-13(20)9-22-16/h4-9,11H,10H2,1-3H3,(H,23,27). The van der Waals surface area contributed by atoms with Crippen molar-refractivity contribution in [2.45, 2.75) is 26.4 Å². The summed E-state index contributed by atoms with van der Waals surface area (Å²) < 4.78 is 21.9. The average molecular weight is 464 g/mol. The van der Waals surface area contributed by atoms with Crippen LogP contribution in [0.25, 0.3) is 17.2 Å². The third kappa shape index (κ3) is 4.53. The van der Waals surface area contributed by atoms with Gasteiger partial charge in [0, 0.05) is 22.3 Å². The van der Waals surface area contributed by atoms with E-state index in [1.807, 2.05) is 13.8 Å². The van der Waals surface area contributed by atoms with Crippen LogP contribution in [0.15, 0.2) is 45.8 Å². The molecule has 0 atom stereocenters. The lowest BCUT2D eigenvalue weighted by molar-refractivity contribution is -0.122. The highest BCUT2D eigenvalue weighted by Crippen LogP contribution is 2.25. The summed E-state index contributed by atoms with van der Waals surface area (Å²) >= 11 is 3.29. The minimum absolute atomic E-state index is 0.00412. The fourth-order valence-electron chi connectivity index (χ4n) is 2.71. The van der Waals surface area contributed by atoms with Gasteiger partial charge in [-0.25, -0.2) is 14.2 Å². The molecule has 3 aromatic rings. The first-order chi connectivity index (χ1) is 13.8. The molecule has 0 saturated carbocycles. The van der Waals surface area contributed by atoms with Crippen molar-refractivity contribution in [3.05, 3.63) is 57.3 Å². The van der Waals surface area contributed by atoms with Crippen molar-refractivity contribution < 1.29 is 13.9 Å². The number of carbonyl (C=O) groups is 1. The van der Waals surface area contributed by atoms with Gasteiger partial charge < -0.3 is 10.1 Å². The molecule has 2 heterocycles. The summed E-state index contributed by atoms with van der Waals surface area (Å²) in [7, 11) is 1.34. The third-order valence-corrected chi connectivity index (χ3v) is 4.42. The largest absolute Gasteiger partial charge is 0.494 e. The Morgan fingerprint density at radius 1 is 1.31 bits per heavy atom. The van der Waals surface area contributed by atoms with Crippen LogP contribution in [0.5, 0.6) is 5.75 Å². The van der Waals surface area contributed by atoms with E-state index in [-0.39, 0.29) is 35.9 Å². The Morgan fingerprint density at radius 3 is 2.69 bits per heavy atom. The van der Waals surface area contributed by atoms with Crippen molar-refractivity contribution in [1.82, 2.24) is 24.6 Å². The van der Waals surface area contributed by atoms with Crippen LogP contribution in [0.1, 0.15) is 13.8 Å². The summed E-state index contributed by atoms with van der Waals surface area (Å²) in [6.07, 6.45) is 1.53. The lowest BCUT2D eigenvalue weighted by atomic mass is 10.2. The first-order valence-corrected chi connectivity index (χ1v) is 9.54. The zero-order chi connectivity index (χ0) is 21.1. The van der Waals surface area contributed by atoms with Gasteiger partial charge >= 0.3 is 5.69 Å². The molecule has 1 aromatic carbocycles. The van der Waals surface area contributed by atoms with Crippen molar-refractivity contribution in [1.29, 1.82) is 0 Å². The number of hydrogen-bond acceptors (Lipinski definition) is 5. The predicted molar refractivity (Wildman–Crippen MR) is 109 cm³/mol. The molecule has 0 saturated heterocycles. The van der Waals surface area contributed by atoms with Crippen LogP contribution in [0.3, 0.4) is 0 Å². The molecule has 0 unspecified atom stereocenters. The highest BCUT2D eigenvalue weighted by molar-refractivity contribution is 9.10. The summed E-state index contributed by atoms with van der Waals surface area (Å²) in [5.41, 5.74) is -0.120. The van der Waals surface area contributed by atoms with Crippen molar-refractivity contribution in [2.75, 3.05) is 7.11 Å². The Hall–Kier alpha value is -3.01. The Kier molecular flexibility index (Phi) is 6.12. The van der Waals surface area contributed by atoms with E-state index >= 15 is 0 Å². The number of ether oxygens (including phenoxy) is 1. The minimum Gasteiger partial charge on any atom is -0.494 e. The Balaban J connectivity index is 2.14. The molecule has 0 aliphatic rings. The lowest BCUT2D eigenvalue weighted by Crippen LogP contribution is -2.36. The molecule has 0 spiro atoms. The SMILES string of the molecule is COc1cc(-c2nn(-c3ccc(Br)cn3)c(=O)n2CC(=O)NC(C)C)ccc1F. The van der Waals surface area contributed by atoms with Gasteiger partial charge in [0.25, 0.3) is 0 Å². The number of carbonyl (C=O) groups excluding carboxylic acids is 1. The van der Waals surface area contributed by atoms with Crippen molar-refractivity contribution >= 4 is 21.8 Å². The second kappa shape index (κ2) is 8.56. The molecular weight excluding hydrogens is 445 g/mol. The number of nitrogens with one attached hydrogen (secondary N) is 1. The zero-order valence-electron chi connectivity index (χ0n) is 16.0. The summed E-state index contributed by atoms with van der Waals surface area (Å²) in [6.45, 7) is 3.39. The Bertz CT molecular complexity index is 1090. The Morgan fingerprint density at radius 2 is 2.07 bits per heavy atom. The second-order valence-electron chi connectivity index (χ2n) is 6.51. The molecule has 0 bridgehead atoms. The van der Waals surface area contributed by atoms with Crippen LogP contribution < -0.4 is 15.7 Å². The molecule has 0 aliphatic carbocycles. The molecule has 1 N–H and O–H groups in total. The number of aromatic nitrogens is 4. The molecule has 8 nitrogen and oxygen atoms in total. The molecular formula is C19H19BrFN5O3.